The van der Waals surface area contributed by atoms with Crippen LogP contribution in [0.15, 0.2) is 48.5 Å². The number of amides is 1. The predicted molar refractivity (Wildman–Crippen MR) is 94.9 cm³/mol. The second-order valence-electron chi connectivity index (χ2n) is 6.26. The highest BCUT2D eigenvalue weighted by molar-refractivity contribution is 5.95. The molecule has 0 saturated carbocycles. The first-order valence-electron chi connectivity index (χ1n) is 8.29. The van der Waals surface area contributed by atoms with Crippen molar-refractivity contribution >= 4 is 11.6 Å². The molecule has 0 aliphatic carbocycles. The minimum atomic E-state index is -0.308. The zero-order valence-corrected chi connectivity index (χ0v) is 13.8. The van der Waals surface area contributed by atoms with Crippen LogP contribution < -0.4 is 10.6 Å². The maximum Gasteiger partial charge on any atom is 0.231 e. The van der Waals surface area contributed by atoms with E-state index in [0.717, 1.165) is 30.8 Å². The average Bonchev–Trinajstić information content (AvgIpc) is 3.16. The number of hydrogen-bond acceptors (Lipinski definition) is 3. The molecule has 1 fully saturated rings. The Morgan fingerprint density at radius 3 is 2.75 bits per heavy atom. The van der Waals surface area contributed by atoms with Crippen molar-refractivity contribution in [1.82, 2.24) is 5.32 Å². The molecule has 1 heterocycles. The molecule has 3 rings (SSSR count). The molecular weight excluding hydrogens is 298 g/mol. The highest BCUT2D eigenvalue weighted by Crippen LogP contribution is 2.24. The molecule has 0 aromatic heterocycles. The number of benzene rings is 2. The van der Waals surface area contributed by atoms with Crippen LogP contribution >= 0.6 is 0 Å². The van der Waals surface area contributed by atoms with Crippen molar-refractivity contribution in [2.75, 3.05) is 18.4 Å². The van der Waals surface area contributed by atoms with Crippen LogP contribution in [-0.2, 0) is 4.79 Å². The topological polar surface area (TPSA) is 64.9 Å². The molecule has 24 heavy (non-hydrogen) atoms. The molecule has 122 valence electrons. The van der Waals surface area contributed by atoms with E-state index in [-0.39, 0.29) is 11.8 Å². The lowest BCUT2D eigenvalue weighted by molar-refractivity contribution is -0.117. The van der Waals surface area contributed by atoms with E-state index < -0.39 is 0 Å². The van der Waals surface area contributed by atoms with Crippen LogP contribution in [0.1, 0.15) is 41.9 Å². The van der Waals surface area contributed by atoms with Gasteiger partial charge < -0.3 is 10.6 Å². The highest BCUT2D eigenvalue weighted by Gasteiger charge is 2.18. The first-order chi connectivity index (χ1) is 11.7. The molecule has 0 spiro atoms. The van der Waals surface area contributed by atoms with Gasteiger partial charge in [-0.25, -0.2) is 0 Å². The van der Waals surface area contributed by atoms with Gasteiger partial charge in [-0.2, -0.15) is 5.26 Å². The van der Waals surface area contributed by atoms with Gasteiger partial charge in [-0.3, -0.25) is 4.79 Å². The third-order valence-electron chi connectivity index (χ3n) is 4.62. The van der Waals surface area contributed by atoms with Gasteiger partial charge in [0.25, 0.3) is 0 Å². The number of carbonyl (C=O) groups is 1. The summed E-state index contributed by atoms with van der Waals surface area (Å²) in [4.78, 5) is 12.4. The molecule has 1 aliphatic rings. The minimum absolute atomic E-state index is 0.0691. The van der Waals surface area contributed by atoms with Crippen molar-refractivity contribution in [2.45, 2.75) is 25.2 Å². The van der Waals surface area contributed by atoms with E-state index in [1.54, 1.807) is 12.1 Å². The Labute approximate surface area is 142 Å². The maximum atomic E-state index is 12.4. The molecular formula is C20H21N3O. The van der Waals surface area contributed by atoms with Crippen molar-refractivity contribution in [3.05, 3.63) is 65.2 Å². The van der Waals surface area contributed by atoms with Gasteiger partial charge in [0.2, 0.25) is 5.91 Å². The molecule has 0 bridgehead atoms. The quantitative estimate of drug-likeness (QED) is 0.908. The van der Waals surface area contributed by atoms with Crippen molar-refractivity contribution in [2.24, 2.45) is 0 Å². The van der Waals surface area contributed by atoms with Crippen molar-refractivity contribution < 1.29 is 4.79 Å². The molecule has 2 atom stereocenters. The molecule has 2 unspecified atom stereocenters. The predicted octanol–water partition coefficient (Wildman–Crippen LogP) is 3.38. The summed E-state index contributed by atoms with van der Waals surface area (Å²) in [6, 6.07) is 17.4. The Morgan fingerprint density at radius 2 is 2.08 bits per heavy atom. The molecule has 1 saturated heterocycles. The second-order valence-corrected chi connectivity index (χ2v) is 6.26. The van der Waals surface area contributed by atoms with Crippen molar-refractivity contribution in [1.29, 1.82) is 5.26 Å². The van der Waals surface area contributed by atoms with E-state index in [0.29, 0.717) is 11.5 Å². The third-order valence-corrected chi connectivity index (χ3v) is 4.62. The monoisotopic (exact) mass is 319 g/mol. The molecule has 2 aromatic carbocycles. The number of rotatable bonds is 4. The van der Waals surface area contributed by atoms with Crippen LogP contribution in [0.4, 0.5) is 5.69 Å². The van der Waals surface area contributed by atoms with Crippen LogP contribution in [0, 0.1) is 11.3 Å². The molecule has 2 aromatic rings. The normalized spacial score (nSPS) is 17.9. The summed E-state index contributed by atoms with van der Waals surface area (Å²) < 4.78 is 0. The zero-order valence-electron chi connectivity index (χ0n) is 13.8. The highest BCUT2D eigenvalue weighted by atomic mass is 16.1. The number of nitriles is 1. The van der Waals surface area contributed by atoms with E-state index in [4.69, 9.17) is 5.26 Å². The van der Waals surface area contributed by atoms with E-state index >= 15 is 0 Å². The van der Waals surface area contributed by atoms with Gasteiger partial charge in [-0.1, -0.05) is 24.3 Å². The van der Waals surface area contributed by atoms with Crippen LogP contribution in [-0.4, -0.2) is 19.0 Å². The summed E-state index contributed by atoms with van der Waals surface area (Å²) in [7, 11) is 0. The fourth-order valence-electron chi connectivity index (χ4n) is 3.06. The van der Waals surface area contributed by atoms with Gasteiger partial charge in [0.1, 0.15) is 0 Å². The lowest BCUT2D eigenvalue weighted by Crippen LogP contribution is -2.19. The molecule has 1 aliphatic heterocycles. The van der Waals surface area contributed by atoms with Crippen LogP contribution in [0.3, 0.4) is 0 Å². The van der Waals surface area contributed by atoms with Crippen molar-refractivity contribution in [3.8, 4) is 6.07 Å². The first kappa shape index (κ1) is 16.2. The summed E-state index contributed by atoms with van der Waals surface area (Å²) in [5, 5.41) is 15.3. The minimum Gasteiger partial charge on any atom is -0.326 e. The Morgan fingerprint density at radius 1 is 1.29 bits per heavy atom. The Balaban J connectivity index is 1.66. The summed E-state index contributed by atoms with van der Waals surface area (Å²) >= 11 is 0. The van der Waals surface area contributed by atoms with Gasteiger partial charge in [0.05, 0.1) is 17.6 Å². The number of nitrogens with zero attached hydrogens (tertiary/aromatic N) is 1. The van der Waals surface area contributed by atoms with Gasteiger partial charge >= 0.3 is 0 Å². The molecule has 0 radical (unpaired) electrons. The number of nitrogens with one attached hydrogen (secondary N) is 2. The molecule has 2 N–H and O–H groups in total. The Kier molecular flexibility index (Phi) is 4.93. The summed E-state index contributed by atoms with van der Waals surface area (Å²) in [5.74, 6) is 0.194. The van der Waals surface area contributed by atoms with Gasteiger partial charge in [0, 0.05) is 12.2 Å². The number of anilines is 1. The van der Waals surface area contributed by atoms with E-state index in [1.807, 2.05) is 31.2 Å². The maximum absolute atomic E-state index is 12.4. The van der Waals surface area contributed by atoms with Gasteiger partial charge in [0.15, 0.2) is 0 Å². The van der Waals surface area contributed by atoms with Crippen LogP contribution in [0.25, 0.3) is 0 Å². The van der Waals surface area contributed by atoms with E-state index in [2.05, 4.69) is 28.8 Å². The average molecular weight is 319 g/mol. The third kappa shape index (κ3) is 3.64. The van der Waals surface area contributed by atoms with Gasteiger partial charge in [-0.05, 0) is 61.2 Å². The van der Waals surface area contributed by atoms with Gasteiger partial charge in [-0.15, -0.1) is 0 Å². The largest absolute Gasteiger partial charge is 0.326 e. The number of carbonyl (C=O) groups excluding carboxylic acids is 1. The molecule has 4 heteroatoms. The molecule has 4 nitrogen and oxygen atoms in total. The first-order valence-corrected chi connectivity index (χ1v) is 8.29. The number of hydrogen-bond donors (Lipinski definition) is 2. The summed E-state index contributed by atoms with van der Waals surface area (Å²) in [6.07, 6.45) is 1.16. The fraction of sp³-hybridized carbons (Fsp3) is 0.300. The summed E-state index contributed by atoms with van der Waals surface area (Å²) in [5.41, 5.74) is 3.53. The second kappa shape index (κ2) is 7.29. The lowest BCUT2D eigenvalue weighted by Gasteiger charge is -2.14. The van der Waals surface area contributed by atoms with Crippen LogP contribution in [0.5, 0.6) is 0 Å². The standard InChI is InChI=1S/C20H21N3O/c1-14(17-4-2-3-15(11-17)12-21)20(24)23-19-7-5-16(6-8-19)18-9-10-22-13-18/h2-8,11,14,18,22H,9-10,13H2,1H3,(H,23,24). The van der Waals surface area contributed by atoms with Crippen molar-refractivity contribution in [3.63, 3.8) is 0 Å². The van der Waals surface area contributed by atoms with E-state index in [1.165, 1.54) is 5.56 Å². The lowest BCUT2D eigenvalue weighted by atomic mass is 9.97. The van der Waals surface area contributed by atoms with Crippen LogP contribution in [0.2, 0.25) is 0 Å². The Hall–Kier alpha value is -2.64. The zero-order chi connectivity index (χ0) is 16.9. The fourth-order valence-corrected chi connectivity index (χ4v) is 3.06. The Bertz CT molecular complexity index is 755. The SMILES string of the molecule is CC(C(=O)Nc1ccc(C2CCNC2)cc1)c1cccc(C#N)c1. The summed E-state index contributed by atoms with van der Waals surface area (Å²) in [6.45, 7) is 3.95. The molecule has 1 amide bonds. The van der Waals surface area contributed by atoms with E-state index in [9.17, 15) is 4.79 Å². The smallest absolute Gasteiger partial charge is 0.231 e.